The van der Waals surface area contributed by atoms with E-state index in [2.05, 4.69) is 13.2 Å². The van der Waals surface area contributed by atoms with Crippen molar-refractivity contribution in [1.29, 1.82) is 0 Å². The summed E-state index contributed by atoms with van der Waals surface area (Å²) in [5.41, 5.74) is -0.451. The number of carbonyl (C=O) groups excluding carboxylic acids is 6. The van der Waals surface area contributed by atoms with Crippen molar-refractivity contribution >= 4 is 35.8 Å². The summed E-state index contributed by atoms with van der Waals surface area (Å²) in [6.45, 7) is 14.7. The van der Waals surface area contributed by atoms with Crippen LogP contribution in [0.15, 0.2) is 24.3 Å². The molecule has 0 fully saturated rings. The van der Waals surface area contributed by atoms with E-state index < -0.39 is 60.5 Å². The zero-order valence-electron chi connectivity index (χ0n) is 26.8. The molecule has 0 saturated carbocycles. The number of hydrogen-bond acceptors (Lipinski definition) is 12. The Hall–Kier alpha value is -3.70. The Kier molecular flexibility index (Phi) is 22.6. The Morgan fingerprint density at radius 3 is 1.05 bits per heavy atom. The minimum atomic E-state index is -1.31. The number of carbonyl (C=O) groups is 6. The Labute approximate surface area is 260 Å². The van der Waals surface area contributed by atoms with Gasteiger partial charge in [-0.05, 0) is 25.7 Å². The SMILES string of the molecule is C=C(C(=O)OCCCC)C(CC(=O)OCCOC(=O)CC(C(=C)C(=O)OCCCC)C(=O)OCCCC)C(=O)OCCCC. The number of unbranched alkanes of at least 4 members (excludes halogenated alkanes) is 4. The van der Waals surface area contributed by atoms with Crippen molar-refractivity contribution in [3.05, 3.63) is 24.3 Å². The van der Waals surface area contributed by atoms with Crippen LogP contribution < -0.4 is 0 Å². The Morgan fingerprint density at radius 1 is 0.455 bits per heavy atom. The highest BCUT2D eigenvalue weighted by molar-refractivity contribution is 5.97. The smallest absolute Gasteiger partial charge is 0.334 e. The van der Waals surface area contributed by atoms with Crippen molar-refractivity contribution in [2.24, 2.45) is 11.8 Å². The van der Waals surface area contributed by atoms with E-state index in [0.29, 0.717) is 25.7 Å². The molecular weight excluding hydrogens is 576 g/mol. The number of ether oxygens (including phenoxy) is 6. The molecule has 2 unspecified atom stereocenters. The van der Waals surface area contributed by atoms with Crippen LogP contribution in [0.3, 0.4) is 0 Å². The molecule has 0 aromatic rings. The van der Waals surface area contributed by atoms with Gasteiger partial charge >= 0.3 is 35.8 Å². The standard InChI is InChI=1S/C32H50O12/c1-7-11-15-41-29(35)23(5)25(31(37)43-17-13-9-3)21-27(33)39-19-20-40-28(34)22-26(32(38)44-18-14-10-4)24(6)30(36)42-16-12-8-2/h25-26H,5-22H2,1-4H3. The second-order valence-corrected chi connectivity index (χ2v) is 10.0. The van der Waals surface area contributed by atoms with Gasteiger partial charge < -0.3 is 28.4 Å². The summed E-state index contributed by atoms with van der Waals surface area (Å²) in [5.74, 6) is -7.55. The molecule has 0 heterocycles. The lowest BCUT2D eigenvalue weighted by atomic mass is 9.97. The minimum absolute atomic E-state index is 0.116. The molecule has 0 N–H and O–H groups in total. The molecule has 12 nitrogen and oxygen atoms in total. The maximum Gasteiger partial charge on any atom is 0.334 e. The van der Waals surface area contributed by atoms with E-state index >= 15 is 0 Å². The molecular formula is C32H50O12. The van der Waals surface area contributed by atoms with Crippen molar-refractivity contribution in [2.45, 2.75) is 91.9 Å². The Balaban J connectivity index is 5.10. The molecule has 0 amide bonds. The normalized spacial score (nSPS) is 11.8. The fourth-order valence-corrected chi connectivity index (χ4v) is 3.38. The molecule has 0 bridgehead atoms. The lowest BCUT2D eigenvalue weighted by molar-refractivity contribution is -0.159. The minimum Gasteiger partial charge on any atom is -0.465 e. The van der Waals surface area contributed by atoms with Gasteiger partial charge in [0.25, 0.3) is 0 Å². The predicted octanol–water partition coefficient (Wildman–Crippen LogP) is 4.57. The molecule has 0 saturated heterocycles. The van der Waals surface area contributed by atoms with Crippen LogP contribution in [0.4, 0.5) is 0 Å². The zero-order chi connectivity index (χ0) is 33.3. The van der Waals surface area contributed by atoms with Crippen LogP contribution in [0.1, 0.15) is 91.9 Å². The first-order chi connectivity index (χ1) is 21.0. The average Bonchev–Trinajstić information content (AvgIpc) is 3.00. The topological polar surface area (TPSA) is 158 Å². The number of esters is 6. The van der Waals surface area contributed by atoms with Crippen molar-refractivity contribution in [3.63, 3.8) is 0 Å². The third kappa shape index (κ3) is 17.4. The van der Waals surface area contributed by atoms with Gasteiger partial charge in [0.05, 0.1) is 51.1 Å². The van der Waals surface area contributed by atoms with Gasteiger partial charge in [0.2, 0.25) is 0 Å². The number of hydrogen-bond donors (Lipinski definition) is 0. The van der Waals surface area contributed by atoms with E-state index in [1.165, 1.54) is 0 Å². The molecule has 0 aromatic heterocycles. The Bertz CT molecular complexity index is 879. The largest absolute Gasteiger partial charge is 0.465 e. The molecule has 44 heavy (non-hydrogen) atoms. The van der Waals surface area contributed by atoms with E-state index in [0.717, 1.165) is 25.7 Å². The van der Waals surface area contributed by atoms with Gasteiger partial charge in [0, 0.05) is 11.1 Å². The highest BCUT2D eigenvalue weighted by Gasteiger charge is 2.33. The number of rotatable bonds is 25. The molecule has 0 aliphatic heterocycles. The lowest BCUT2D eigenvalue weighted by Gasteiger charge is -2.18. The molecule has 0 aromatic carbocycles. The highest BCUT2D eigenvalue weighted by atomic mass is 16.6. The summed E-state index contributed by atoms with van der Waals surface area (Å²) in [5, 5.41) is 0. The summed E-state index contributed by atoms with van der Waals surface area (Å²) in [6.07, 6.45) is 4.53. The first kappa shape index (κ1) is 40.3. The van der Waals surface area contributed by atoms with Gasteiger partial charge in [-0.15, -0.1) is 0 Å². The molecule has 0 spiro atoms. The maximum atomic E-state index is 12.6. The van der Waals surface area contributed by atoms with Crippen LogP contribution in [-0.2, 0) is 57.2 Å². The third-order valence-corrected chi connectivity index (χ3v) is 6.23. The summed E-state index contributed by atoms with van der Waals surface area (Å²) in [7, 11) is 0. The summed E-state index contributed by atoms with van der Waals surface area (Å²) in [4.78, 5) is 75.0. The van der Waals surface area contributed by atoms with Crippen molar-refractivity contribution < 1.29 is 57.2 Å². The molecule has 0 aliphatic rings. The molecule has 0 rings (SSSR count). The summed E-state index contributed by atoms with van der Waals surface area (Å²) >= 11 is 0. The van der Waals surface area contributed by atoms with E-state index in [9.17, 15) is 28.8 Å². The van der Waals surface area contributed by atoms with E-state index in [1.54, 1.807) is 0 Å². The molecule has 2 atom stereocenters. The summed E-state index contributed by atoms with van der Waals surface area (Å²) < 4.78 is 30.8. The molecule has 0 aliphatic carbocycles. The van der Waals surface area contributed by atoms with E-state index in [4.69, 9.17) is 28.4 Å². The van der Waals surface area contributed by atoms with Crippen LogP contribution in [0.25, 0.3) is 0 Å². The second kappa shape index (κ2) is 24.7. The van der Waals surface area contributed by atoms with Crippen LogP contribution in [0.2, 0.25) is 0 Å². The maximum absolute atomic E-state index is 12.6. The van der Waals surface area contributed by atoms with Gasteiger partial charge in [0.15, 0.2) is 0 Å². The van der Waals surface area contributed by atoms with Gasteiger partial charge in [-0.3, -0.25) is 19.2 Å². The van der Waals surface area contributed by atoms with Crippen LogP contribution >= 0.6 is 0 Å². The monoisotopic (exact) mass is 626 g/mol. The second-order valence-electron chi connectivity index (χ2n) is 10.0. The zero-order valence-corrected chi connectivity index (χ0v) is 26.8. The molecule has 250 valence electrons. The van der Waals surface area contributed by atoms with E-state index in [-0.39, 0.29) is 50.8 Å². The lowest BCUT2D eigenvalue weighted by Crippen LogP contribution is -2.29. The Morgan fingerprint density at radius 2 is 0.750 bits per heavy atom. The van der Waals surface area contributed by atoms with Crippen LogP contribution in [0, 0.1) is 11.8 Å². The molecule has 0 radical (unpaired) electrons. The van der Waals surface area contributed by atoms with Crippen molar-refractivity contribution in [1.82, 2.24) is 0 Å². The predicted molar refractivity (Wildman–Crippen MR) is 160 cm³/mol. The van der Waals surface area contributed by atoms with Crippen molar-refractivity contribution in [2.75, 3.05) is 39.6 Å². The van der Waals surface area contributed by atoms with Gasteiger partial charge in [-0.2, -0.15) is 0 Å². The highest BCUT2D eigenvalue weighted by Crippen LogP contribution is 2.20. The van der Waals surface area contributed by atoms with E-state index in [1.807, 2.05) is 27.7 Å². The summed E-state index contributed by atoms with van der Waals surface area (Å²) in [6, 6.07) is 0. The first-order valence-corrected chi connectivity index (χ1v) is 15.4. The van der Waals surface area contributed by atoms with Gasteiger partial charge in [0.1, 0.15) is 13.2 Å². The van der Waals surface area contributed by atoms with Gasteiger partial charge in [-0.25, -0.2) is 9.59 Å². The van der Waals surface area contributed by atoms with Gasteiger partial charge in [-0.1, -0.05) is 66.5 Å². The average molecular weight is 627 g/mol. The molecule has 12 heteroatoms. The third-order valence-electron chi connectivity index (χ3n) is 6.23. The van der Waals surface area contributed by atoms with Crippen LogP contribution in [-0.4, -0.2) is 75.5 Å². The quantitative estimate of drug-likeness (QED) is 0.0602. The van der Waals surface area contributed by atoms with Crippen LogP contribution in [0.5, 0.6) is 0 Å². The first-order valence-electron chi connectivity index (χ1n) is 15.4. The fourth-order valence-electron chi connectivity index (χ4n) is 3.38. The van der Waals surface area contributed by atoms with Crippen molar-refractivity contribution in [3.8, 4) is 0 Å². The fraction of sp³-hybridized carbons (Fsp3) is 0.688.